The molecule has 0 aliphatic rings. The van der Waals surface area contributed by atoms with Gasteiger partial charge in [0.15, 0.2) is 0 Å². The number of hydrogen-bond donors (Lipinski definition) is 0. The first-order valence-electron chi connectivity index (χ1n) is 9.93. The lowest BCUT2D eigenvalue weighted by Gasteiger charge is -2.17. The van der Waals surface area contributed by atoms with Crippen LogP contribution in [0.4, 0.5) is 0 Å². The van der Waals surface area contributed by atoms with E-state index in [-0.39, 0.29) is 0 Å². The van der Waals surface area contributed by atoms with Gasteiger partial charge in [-0.2, -0.15) is 0 Å². The Morgan fingerprint density at radius 1 is 0.591 bits per heavy atom. The van der Waals surface area contributed by atoms with Crippen LogP contribution in [0.5, 0.6) is 0 Å². The largest absolute Gasteiger partial charge is 0.379 e. The van der Waals surface area contributed by atoms with Gasteiger partial charge in [0.1, 0.15) is 0 Å². The molecule has 0 aliphatic carbocycles. The number of ether oxygens (including phenoxy) is 2. The molecule has 0 fully saturated rings. The Labute approximate surface area is 140 Å². The van der Waals surface area contributed by atoms with Crippen LogP contribution in [0.15, 0.2) is 0 Å². The first kappa shape index (κ1) is 21.9. The molecule has 0 radical (unpaired) electrons. The third-order valence-corrected chi connectivity index (χ3v) is 4.06. The Kier molecular flexibility index (Phi) is 17.2. The molecule has 134 valence electrons. The van der Waals surface area contributed by atoms with E-state index in [1.807, 2.05) is 0 Å². The lowest BCUT2D eigenvalue weighted by molar-refractivity contribution is 0.0382. The Bertz CT molecular complexity index is 204. The molecule has 0 saturated heterocycles. The van der Waals surface area contributed by atoms with Gasteiger partial charge in [0.2, 0.25) is 0 Å². The van der Waals surface area contributed by atoms with Crippen molar-refractivity contribution in [2.45, 2.75) is 117 Å². The molecule has 0 rings (SSSR count). The summed E-state index contributed by atoms with van der Waals surface area (Å²) in [5, 5.41) is 0. The molecule has 1 atom stereocenters. The van der Waals surface area contributed by atoms with Crippen LogP contribution < -0.4 is 0 Å². The number of unbranched alkanes of at least 4 members (excludes halogenated alkanes) is 7. The maximum atomic E-state index is 6.03. The summed E-state index contributed by atoms with van der Waals surface area (Å²) in [6, 6.07) is 0. The summed E-state index contributed by atoms with van der Waals surface area (Å²) in [4.78, 5) is 0. The molecule has 0 heterocycles. The van der Waals surface area contributed by atoms with Gasteiger partial charge in [0.25, 0.3) is 0 Å². The Hall–Kier alpha value is -0.0800. The zero-order valence-corrected chi connectivity index (χ0v) is 15.9. The van der Waals surface area contributed by atoms with Gasteiger partial charge in [-0.3, -0.25) is 0 Å². The number of rotatable bonds is 17. The highest BCUT2D eigenvalue weighted by Crippen LogP contribution is 2.16. The highest BCUT2D eigenvalue weighted by molar-refractivity contribution is 4.60. The summed E-state index contributed by atoms with van der Waals surface area (Å²) in [6.07, 6.45) is 16.5. The molecule has 0 spiro atoms. The zero-order valence-electron chi connectivity index (χ0n) is 15.9. The van der Waals surface area contributed by atoms with Crippen LogP contribution in [-0.2, 0) is 9.47 Å². The van der Waals surface area contributed by atoms with E-state index in [2.05, 4.69) is 27.7 Å². The Morgan fingerprint density at radius 3 is 1.73 bits per heavy atom. The lowest BCUT2D eigenvalue weighted by atomic mass is 10.0. The van der Waals surface area contributed by atoms with Crippen LogP contribution in [0.2, 0.25) is 0 Å². The van der Waals surface area contributed by atoms with Crippen molar-refractivity contribution in [2.75, 3.05) is 13.2 Å². The maximum absolute atomic E-state index is 6.03. The monoisotopic (exact) mass is 314 g/mol. The molecule has 1 unspecified atom stereocenters. The highest BCUT2D eigenvalue weighted by atomic mass is 16.5. The second kappa shape index (κ2) is 17.3. The standard InChI is InChI=1S/C20H42O2/c1-5-7-8-9-12-15-20(22-17-6-2)16-13-10-11-14-18-21-19(3)4/h19-20H,5-18H2,1-4H3. The third-order valence-electron chi connectivity index (χ3n) is 4.06. The second-order valence-corrected chi connectivity index (χ2v) is 6.82. The summed E-state index contributed by atoms with van der Waals surface area (Å²) >= 11 is 0. The van der Waals surface area contributed by atoms with E-state index >= 15 is 0 Å². The van der Waals surface area contributed by atoms with Crippen molar-refractivity contribution in [1.29, 1.82) is 0 Å². The van der Waals surface area contributed by atoms with Gasteiger partial charge < -0.3 is 9.47 Å². The first-order valence-corrected chi connectivity index (χ1v) is 9.93. The summed E-state index contributed by atoms with van der Waals surface area (Å²) in [7, 11) is 0. The molecule has 2 heteroatoms. The zero-order chi connectivity index (χ0) is 16.5. The van der Waals surface area contributed by atoms with Crippen molar-refractivity contribution in [3.05, 3.63) is 0 Å². The van der Waals surface area contributed by atoms with Crippen LogP contribution in [-0.4, -0.2) is 25.4 Å². The van der Waals surface area contributed by atoms with Gasteiger partial charge in [-0.1, -0.05) is 65.2 Å². The van der Waals surface area contributed by atoms with Gasteiger partial charge in [-0.25, -0.2) is 0 Å². The van der Waals surface area contributed by atoms with E-state index in [1.165, 1.54) is 70.6 Å². The lowest BCUT2D eigenvalue weighted by Crippen LogP contribution is -2.13. The van der Waals surface area contributed by atoms with Gasteiger partial charge in [0, 0.05) is 13.2 Å². The molecule has 0 aromatic carbocycles. The average molecular weight is 315 g/mol. The smallest absolute Gasteiger partial charge is 0.0575 e. The minimum Gasteiger partial charge on any atom is -0.379 e. The quantitative estimate of drug-likeness (QED) is 0.285. The van der Waals surface area contributed by atoms with Crippen molar-refractivity contribution in [3.8, 4) is 0 Å². The first-order chi connectivity index (χ1) is 10.7. The molecule has 0 aliphatic heterocycles. The van der Waals surface area contributed by atoms with E-state index in [0.717, 1.165) is 19.6 Å². The van der Waals surface area contributed by atoms with E-state index in [0.29, 0.717) is 12.2 Å². The SMILES string of the molecule is CCCCCCCC(CCCCCCOC(C)C)OCCC. The highest BCUT2D eigenvalue weighted by Gasteiger charge is 2.08. The Morgan fingerprint density at radius 2 is 1.18 bits per heavy atom. The molecule has 0 saturated carbocycles. The van der Waals surface area contributed by atoms with Gasteiger partial charge in [-0.05, 0) is 39.5 Å². The van der Waals surface area contributed by atoms with Crippen molar-refractivity contribution in [1.82, 2.24) is 0 Å². The van der Waals surface area contributed by atoms with E-state index in [9.17, 15) is 0 Å². The van der Waals surface area contributed by atoms with Gasteiger partial charge in [-0.15, -0.1) is 0 Å². The van der Waals surface area contributed by atoms with E-state index in [1.54, 1.807) is 0 Å². The molecular weight excluding hydrogens is 272 g/mol. The molecule has 22 heavy (non-hydrogen) atoms. The van der Waals surface area contributed by atoms with Crippen molar-refractivity contribution < 1.29 is 9.47 Å². The molecular formula is C20H42O2. The fraction of sp³-hybridized carbons (Fsp3) is 1.00. The minimum atomic E-state index is 0.375. The summed E-state index contributed by atoms with van der Waals surface area (Å²) < 4.78 is 11.6. The molecule has 0 amide bonds. The van der Waals surface area contributed by atoms with Crippen LogP contribution in [0.3, 0.4) is 0 Å². The van der Waals surface area contributed by atoms with Crippen LogP contribution in [0.25, 0.3) is 0 Å². The average Bonchev–Trinajstić information content (AvgIpc) is 2.50. The van der Waals surface area contributed by atoms with E-state index in [4.69, 9.17) is 9.47 Å². The van der Waals surface area contributed by atoms with Crippen LogP contribution in [0.1, 0.15) is 105 Å². The normalized spacial score (nSPS) is 13.0. The minimum absolute atomic E-state index is 0.375. The van der Waals surface area contributed by atoms with Crippen LogP contribution in [0, 0.1) is 0 Å². The van der Waals surface area contributed by atoms with Crippen molar-refractivity contribution >= 4 is 0 Å². The second-order valence-electron chi connectivity index (χ2n) is 6.82. The molecule has 2 nitrogen and oxygen atoms in total. The fourth-order valence-corrected chi connectivity index (χ4v) is 2.72. The molecule has 0 bridgehead atoms. The van der Waals surface area contributed by atoms with Crippen molar-refractivity contribution in [2.24, 2.45) is 0 Å². The topological polar surface area (TPSA) is 18.5 Å². The summed E-state index contributed by atoms with van der Waals surface area (Å²) in [5.41, 5.74) is 0. The van der Waals surface area contributed by atoms with E-state index < -0.39 is 0 Å². The van der Waals surface area contributed by atoms with Crippen molar-refractivity contribution in [3.63, 3.8) is 0 Å². The van der Waals surface area contributed by atoms with Gasteiger partial charge >= 0.3 is 0 Å². The predicted molar refractivity (Wildman–Crippen MR) is 97.6 cm³/mol. The maximum Gasteiger partial charge on any atom is 0.0575 e. The molecule has 0 N–H and O–H groups in total. The molecule has 0 aromatic rings. The fourth-order valence-electron chi connectivity index (χ4n) is 2.72. The van der Waals surface area contributed by atoms with Crippen LogP contribution >= 0.6 is 0 Å². The summed E-state index contributed by atoms with van der Waals surface area (Å²) in [5.74, 6) is 0. The third kappa shape index (κ3) is 16.3. The predicted octanol–water partition coefficient (Wildman–Crippen LogP) is 6.52. The Balaban J connectivity index is 3.57. The van der Waals surface area contributed by atoms with Gasteiger partial charge in [0.05, 0.1) is 12.2 Å². The summed E-state index contributed by atoms with van der Waals surface area (Å²) in [6.45, 7) is 10.5. The molecule has 0 aromatic heterocycles. The number of hydrogen-bond acceptors (Lipinski definition) is 2.